The molecule has 0 saturated carbocycles. The Kier molecular flexibility index (Phi) is 3.83. The van der Waals surface area contributed by atoms with Crippen molar-refractivity contribution in [1.82, 2.24) is 9.97 Å². The quantitative estimate of drug-likeness (QED) is 0.760. The number of nitrogens with zero attached hydrogens (tertiary/aromatic N) is 2. The van der Waals surface area contributed by atoms with Crippen molar-refractivity contribution in [2.24, 2.45) is 0 Å². The normalized spacial score (nSPS) is 11.3. The van der Waals surface area contributed by atoms with Crippen LogP contribution in [0.1, 0.15) is 5.56 Å². The van der Waals surface area contributed by atoms with E-state index in [9.17, 15) is 17.6 Å². The van der Waals surface area contributed by atoms with Crippen LogP contribution in [0.5, 0.6) is 0 Å². The summed E-state index contributed by atoms with van der Waals surface area (Å²) in [7, 11) is 1.58. The summed E-state index contributed by atoms with van der Waals surface area (Å²) in [6.07, 6.45) is -4.56. The van der Waals surface area contributed by atoms with Gasteiger partial charge in [0.05, 0.1) is 11.3 Å². The van der Waals surface area contributed by atoms with Crippen molar-refractivity contribution in [3.8, 4) is 0 Å². The van der Waals surface area contributed by atoms with Crippen LogP contribution < -0.4 is 16.4 Å². The Morgan fingerprint density at radius 3 is 2.38 bits per heavy atom. The van der Waals surface area contributed by atoms with E-state index in [0.717, 1.165) is 6.07 Å². The summed E-state index contributed by atoms with van der Waals surface area (Å²) in [5, 5.41) is 5.15. The van der Waals surface area contributed by atoms with E-state index < -0.39 is 17.6 Å². The van der Waals surface area contributed by atoms with E-state index >= 15 is 0 Å². The van der Waals surface area contributed by atoms with Gasteiger partial charge in [0, 0.05) is 13.1 Å². The third-order valence-electron chi connectivity index (χ3n) is 2.56. The topological polar surface area (TPSA) is 75.9 Å². The number of hydrogen-bond acceptors (Lipinski definition) is 5. The lowest BCUT2D eigenvalue weighted by molar-refractivity contribution is -0.137. The minimum absolute atomic E-state index is 0.0741. The Balaban J connectivity index is 2.37. The van der Waals surface area contributed by atoms with Gasteiger partial charge < -0.3 is 16.4 Å². The van der Waals surface area contributed by atoms with Gasteiger partial charge in [-0.15, -0.1) is 0 Å². The molecule has 9 heteroatoms. The van der Waals surface area contributed by atoms with Crippen molar-refractivity contribution in [1.29, 1.82) is 0 Å². The molecule has 1 heterocycles. The van der Waals surface area contributed by atoms with E-state index in [1.165, 1.54) is 6.07 Å². The third-order valence-corrected chi connectivity index (χ3v) is 2.56. The number of rotatable bonds is 3. The standard InChI is InChI=1S/C12H11F4N5/c1-18-9-5-10(21-11(17)20-9)19-8-4-6(12(14,15)16)2-3-7(8)13/h2-5H,1H3,(H4,17,18,19,20,21). The van der Waals surface area contributed by atoms with E-state index in [2.05, 4.69) is 20.6 Å². The molecule has 0 saturated heterocycles. The van der Waals surface area contributed by atoms with Crippen LogP contribution in [-0.4, -0.2) is 17.0 Å². The Morgan fingerprint density at radius 1 is 1.10 bits per heavy atom. The third kappa shape index (κ3) is 3.50. The second kappa shape index (κ2) is 5.43. The first kappa shape index (κ1) is 14.8. The molecule has 0 unspecified atom stereocenters. The molecule has 4 N–H and O–H groups in total. The molecule has 0 aliphatic rings. The smallest absolute Gasteiger partial charge is 0.373 e. The molecule has 0 radical (unpaired) electrons. The number of alkyl halides is 3. The molecule has 1 aromatic carbocycles. The van der Waals surface area contributed by atoms with E-state index in [1.54, 1.807) is 7.05 Å². The van der Waals surface area contributed by atoms with Crippen LogP contribution in [-0.2, 0) is 6.18 Å². The molecule has 0 aliphatic carbocycles. The maximum atomic E-state index is 13.6. The van der Waals surface area contributed by atoms with E-state index in [4.69, 9.17) is 5.73 Å². The lowest BCUT2D eigenvalue weighted by Crippen LogP contribution is -2.07. The Bertz CT molecular complexity index is 657. The second-order valence-corrected chi connectivity index (χ2v) is 4.06. The number of nitrogens with two attached hydrogens (primary N) is 1. The predicted molar refractivity (Wildman–Crippen MR) is 70.7 cm³/mol. The highest BCUT2D eigenvalue weighted by molar-refractivity contribution is 5.62. The predicted octanol–water partition coefficient (Wildman–Crippen LogP) is 3.00. The summed E-state index contributed by atoms with van der Waals surface area (Å²) in [5.74, 6) is -0.523. The number of nitrogens with one attached hydrogen (secondary N) is 2. The monoisotopic (exact) mass is 301 g/mol. The van der Waals surface area contributed by atoms with Crippen molar-refractivity contribution >= 4 is 23.3 Å². The number of anilines is 4. The fraction of sp³-hybridized carbons (Fsp3) is 0.167. The SMILES string of the molecule is CNc1cc(Nc2cc(C(F)(F)F)ccc2F)nc(N)n1. The van der Waals surface area contributed by atoms with Gasteiger partial charge in [0.1, 0.15) is 17.5 Å². The summed E-state index contributed by atoms with van der Waals surface area (Å²) in [6, 6.07) is 3.44. The van der Waals surface area contributed by atoms with Crippen molar-refractivity contribution < 1.29 is 17.6 Å². The lowest BCUT2D eigenvalue weighted by atomic mass is 10.2. The van der Waals surface area contributed by atoms with Crippen molar-refractivity contribution in [3.63, 3.8) is 0 Å². The van der Waals surface area contributed by atoms with E-state index in [0.29, 0.717) is 18.0 Å². The fourth-order valence-corrected chi connectivity index (χ4v) is 1.59. The van der Waals surface area contributed by atoms with Crippen LogP contribution in [0.4, 0.5) is 40.8 Å². The number of hydrogen-bond donors (Lipinski definition) is 3. The van der Waals surface area contributed by atoms with Gasteiger partial charge in [-0.3, -0.25) is 0 Å². The maximum Gasteiger partial charge on any atom is 0.416 e. The minimum Gasteiger partial charge on any atom is -0.373 e. The van der Waals surface area contributed by atoms with Crippen molar-refractivity contribution in [2.75, 3.05) is 23.4 Å². The van der Waals surface area contributed by atoms with Gasteiger partial charge in [-0.05, 0) is 18.2 Å². The molecule has 0 spiro atoms. The molecule has 0 aliphatic heterocycles. The van der Waals surface area contributed by atoms with Gasteiger partial charge in [-0.25, -0.2) is 4.39 Å². The minimum atomic E-state index is -4.56. The van der Waals surface area contributed by atoms with Crippen LogP contribution in [0.25, 0.3) is 0 Å². The summed E-state index contributed by atoms with van der Waals surface area (Å²) < 4.78 is 51.5. The van der Waals surface area contributed by atoms with Gasteiger partial charge in [0.2, 0.25) is 5.95 Å². The molecule has 5 nitrogen and oxygen atoms in total. The van der Waals surface area contributed by atoms with Crippen LogP contribution in [0.2, 0.25) is 0 Å². The number of benzene rings is 1. The summed E-state index contributed by atoms with van der Waals surface area (Å²) in [5.41, 5.74) is 4.12. The molecular weight excluding hydrogens is 290 g/mol. The molecular formula is C12H11F4N5. The Hall–Kier alpha value is -2.58. The Labute approximate surface area is 117 Å². The first-order valence-corrected chi connectivity index (χ1v) is 5.75. The largest absolute Gasteiger partial charge is 0.416 e. The molecule has 112 valence electrons. The van der Waals surface area contributed by atoms with Crippen molar-refractivity contribution in [2.45, 2.75) is 6.18 Å². The molecule has 0 amide bonds. The Morgan fingerprint density at radius 2 is 1.76 bits per heavy atom. The second-order valence-electron chi connectivity index (χ2n) is 4.06. The highest BCUT2D eigenvalue weighted by Gasteiger charge is 2.31. The molecule has 2 rings (SSSR count). The summed E-state index contributed by atoms with van der Waals surface area (Å²) in [4.78, 5) is 7.59. The zero-order valence-electron chi connectivity index (χ0n) is 10.8. The van der Waals surface area contributed by atoms with Gasteiger partial charge in [-0.1, -0.05) is 0 Å². The van der Waals surface area contributed by atoms with Crippen molar-refractivity contribution in [3.05, 3.63) is 35.6 Å². The zero-order valence-corrected chi connectivity index (χ0v) is 10.8. The van der Waals surface area contributed by atoms with Gasteiger partial charge >= 0.3 is 6.18 Å². The molecule has 1 aromatic heterocycles. The lowest BCUT2D eigenvalue weighted by Gasteiger charge is -2.12. The number of nitrogen functional groups attached to an aromatic ring is 1. The molecule has 2 aromatic rings. The first-order valence-electron chi connectivity index (χ1n) is 5.75. The number of aromatic nitrogens is 2. The molecule has 0 atom stereocenters. The highest BCUT2D eigenvalue weighted by Crippen LogP contribution is 2.32. The maximum absolute atomic E-state index is 13.6. The summed E-state index contributed by atoms with van der Waals surface area (Å²) in [6.45, 7) is 0. The average molecular weight is 301 g/mol. The van der Waals surface area contributed by atoms with Crippen LogP contribution in [0.3, 0.4) is 0 Å². The van der Waals surface area contributed by atoms with Crippen LogP contribution in [0, 0.1) is 5.82 Å². The zero-order chi connectivity index (χ0) is 15.6. The van der Waals surface area contributed by atoms with Gasteiger partial charge in [0.15, 0.2) is 0 Å². The van der Waals surface area contributed by atoms with E-state index in [-0.39, 0.29) is 17.5 Å². The fourth-order valence-electron chi connectivity index (χ4n) is 1.59. The van der Waals surface area contributed by atoms with Gasteiger partial charge in [0.25, 0.3) is 0 Å². The highest BCUT2D eigenvalue weighted by atomic mass is 19.4. The molecule has 21 heavy (non-hydrogen) atoms. The molecule has 0 fully saturated rings. The average Bonchev–Trinajstić information content (AvgIpc) is 2.39. The number of halogens is 4. The van der Waals surface area contributed by atoms with Gasteiger partial charge in [-0.2, -0.15) is 23.1 Å². The molecule has 0 bridgehead atoms. The van der Waals surface area contributed by atoms with Crippen LogP contribution >= 0.6 is 0 Å². The summed E-state index contributed by atoms with van der Waals surface area (Å²) >= 11 is 0. The first-order chi connectivity index (χ1) is 9.79. The van der Waals surface area contributed by atoms with E-state index in [1.807, 2.05) is 0 Å². The van der Waals surface area contributed by atoms with Crippen LogP contribution in [0.15, 0.2) is 24.3 Å².